The lowest BCUT2D eigenvalue weighted by Gasteiger charge is -2.23. The molecule has 0 bridgehead atoms. The molecule has 3 aromatic carbocycles. The minimum atomic E-state index is -0.856. The van der Waals surface area contributed by atoms with E-state index in [9.17, 15) is 14.4 Å². The molecule has 0 saturated heterocycles. The van der Waals surface area contributed by atoms with Crippen molar-refractivity contribution in [3.05, 3.63) is 88.9 Å². The first-order valence-corrected chi connectivity index (χ1v) is 12.3. The first kappa shape index (κ1) is 28.2. The molecule has 2 N–H and O–H groups in total. The number of aliphatic carboxylic acids is 1. The molecular formula is C28H29ClN4O5. The number of hydrogen-bond acceptors (Lipinski definition) is 5. The standard InChI is InChI=1S/C28H29ClN4O5/c1-3-32(2)28(37)31-27(33(19-34)18-21-7-10-22(29)11-8-21)30-23-12-14-24(15-13-23)38-25-6-4-5-20(17-25)9-16-26(35)36/h4-8,10-15,17,19H,3,9,16,18H2,1-2H3,(H,35,36)(H,30,31,37). The third kappa shape index (κ3) is 8.63. The summed E-state index contributed by atoms with van der Waals surface area (Å²) in [6.07, 6.45) is 1.05. The van der Waals surface area contributed by atoms with Crippen molar-refractivity contribution in [1.29, 1.82) is 0 Å². The van der Waals surface area contributed by atoms with Crippen molar-refractivity contribution in [2.45, 2.75) is 26.3 Å². The molecule has 38 heavy (non-hydrogen) atoms. The molecule has 0 aliphatic heterocycles. The van der Waals surface area contributed by atoms with Crippen LogP contribution in [0.1, 0.15) is 24.5 Å². The molecule has 0 fully saturated rings. The van der Waals surface area contributed by atoms with Crippen molar-refractivity contribution in [3.63, 3.8) is 0 Å². The fourth-order valence-corrected chi connectivity index (χ4v) is 3.44. The second kappa shape index (κ2) is 13.8. The van der Waals surface area contributed by atoms with Crippen LogP contribution in [0.5, 0.6) is 11.5 Å². The average molecular weight is 537 g/mol. The molecule has 0 radical (unpaired) electrons. The Kier molecular flexibility index (Phi) is 10.2. The Bertz CT molecular complexity index is 1280. The number of guanidine groups is 1. The van der Waals surface area contributed by atoms with Crippen LogP contribution in [0.2, 0.25) is 5.02 Å². The highest BCUT2D eigenvalue weighted by Crippen LogP contribution is 2.25. The van der Waals surface area contributed by atoms with E-state index in [1.54, 1.807) is 67.7 Å². The molecule has 0 saturated carbocycles. The van der Waals surface area contributed by atoms with E-state index in [0.717, 1.165) is 11.1 Å². The Hall–Kier alpha value is -4.37. The highest BCUT2D eigenvalue weighted by Gasteiger charge is 2.17. The van der Waals surface area contributed by atoms with Gasteiger partial charge >= 0.3 is 12.0 Å². The number of carbonyl (C=O) groups is 3. The largest absolute Gasteiger partial charge is 0.481 e. The van der Waals surface area contributed by atoms with E-state index in [1.807, 2.05) is 19.1 Å². The SMILES string of the molecule is CCN(C)C(=O)NC(=Nc1ccc(Oc2cccc(CCC(=O)O)c2)cc1)N(C=O)Cc1ccc(Cl)cc1. The summed E-state index contributed by atoms with van der Waals surface area (Å²) in [4.78, 5) is 42.7. The molecule has 0 heterocycles. The van der Waals surface area contributed by atoms with Gasteiger partial charge in [0.25, 0.3) is 0 Å². The molecule has 0 atom stereocenters. The van der Waals surface area contributed by atoms with Crippen LogP contribution >= 0.6 is 11.6 Å². The second-order valence-electron chi connectivity index (χ2n) is 8.38. The van der Waals surface area contributed by atoms with Crippen LogP contribution < -0.4 is 10.1 Å². The number of halogens is 1. The van der Waals surface area contributed by atoms with Crippen LogP contribution in [-0.2, 0) is 22.6 Å². The summed E-state index contributed by atoms with van der Waals surface area (Å²) in [5, 5.41) is 12.2. The first-order chi connectivity index (χ1) is 18.3. The molecular weight excluding hydrogens is 508 g/mol. The molecule has 0 aromatic heterocycles. The van der Waals surface area contributed by atoms with Gasteiger partial charge in [0.2, 0.25) is 12.4 Å². The van der Waals surface area contributed by atoms with E-state index >= 15 is 0 Å². The maximum Gasteiger partial charge on any atom is 0.323 e. The summed E-state index contributed by atoms with van der Waals surface area (Å²) in [5.41, 5.74) is 2.16. The van der Waals surface area contributed by atoms with Gasteiger partial charge in [0.05, 0.1) is 12.2 Å². The number of ether oxygens (including phenoxy) is 1. The van der Waals surface area contributed by atoms with Crippen molar-refractivity contribution in [2.75, 3.05) is 13.6 Å². The summed E-state index contributed by atoms with van der Waals surface area (Å²) in [6, 6.07) is 20.7. The lowest BCUT2D eigenvalue weighted by Crippen LogP contribution is -2.47. The second-order valence-corrected chi connectivity index (χ2v) is 8.81. The van der Waals surface area contributed by atoms with E-state index in [-0.39, 0.29) is 18.9 Å². The van der Waals surface area contributed by atoms with Gasteiger partial charge in [-0.15, -0.1) is 0 Å². The van der Waals surface area contributed by atoms with Crippen molar-refractivity contribution in [2.24, 2.45) is 4.99 Å². The normalized spacial score (nSPS) is 11.0. The van der Waals surface area contributed by atoms with Gasteiger partial charge in [-0.25, -0.2) is 9.79 Å². The molecule has 3 rings (SSSR count). The Balaban J connectivity index is 1.80. The summed E-state index contributed by atoms with van der Waals surface area (Å²) in [7, 11) is 1.64. The van der Waals surface area contributed by atoms with Crippen molar-refractivity contribution in [3.8, 4) is 11.5 Å². The van der Waals surface area contributed by atoms with E-state index in [1.165, 1.54) is 9.80 Å². The van der Waals surface area contributed by atoms with Crippen LogP contribution in [0.15, 0.2) is 77.8 Å². The first-order valence-electron chi connectivity index (χ1n) is 11.9. The number of carboxylic acids is 1. The lowest BCUT2D eigenvalue weighted by molar-refractivity contribution is -0.137. The summed E-state index contributed by atoms with van der Waals surface area (Å²) in [6.45, 7) is 2.48. The predicted octanol–water partition coefficient (Wildman–Crippen LogP) is 5.46. The highest BCUT2D eigenvalue weighted by molar-refractivity contribution is 6.30. The molecule has 0 unspecified atom stereocenters. The number of aryl methyl sites for hydroxylation is 1. The minimum Gasteiger partial charge on any atom is -0.481 e. The van der Waals surface area contributed by atoms with Gasteiger partial charge in [-0.1, -0.05) is 35.9 Å². The molecule has 0 aliphatic rings. The Morgan fingerprint density at radius 2 is 1.74 bits per heavy atom. The molecule has 3 amide bonds. The number of carboxylic acid groups (broad SMARTS) is 1. The maximum absolute atomic E-state index is 12.6. The number of nitrogens with one attached hydrogen (secondary N) is 1. The zero-order valence-corrected chi connectivity index (χ0v) is 21.9. The number of nitrogens with zero attached hydrogens (tertiary/aromatic N) is 3. The Morgan fingerprint density at radius 1 is 1.03 bits per heavy atom. The number of rotatable bonds is 10. The van der Waals surface area contributed by atoms with Gasteiger partial charge in [0.15, 0.2) is 0 Å². The summed E-state index contributed by atoms with van der Waals surface area (Å²) in [5.74, 6) is 0.338. The van der Waals surface area contributed by atoms with Gasteiger partial charge in [-0.3, -0.25) is 19.8 Å². The van der Waals surface area contributed by atoms with E-state index < -0.39 is 12.0 Å². The summed E-state index contributed by atoms with van der Waals surface area (Å²) >= 11 is 5.97. The molecule has 0 aliphatic carbocycles. The number of carbonyl (C=O) groups excluding carboxylic acids is 2. The van der Waals surface area contributed by atoms with Crippen LogP contribution in [0.25, 0.3) is 0 Å². The number of urea groups is 1. The van der Waals surface area contributed by atoms with E-state index in [4.69, 9.17) is 21.4 Å². The molecule has 0 spiro atoms. The number of benzene rings is 3. The van der Waals surface area contributed by atoms with Crippen LogP contribution in [0, 0.1) is 0 Å². The quantitative estimate of drug-likeness (QED) is 0.203. The van der Waals surface area contributed by atoms with Crippen LogP contribution in [0.4, 0.5) is 10.5 Å². The highest BCUT2D eigenvalue weighted by atomic mass is 35.5. The molecule has 9 nitrogen and oxygen atoms in total. The van der Waals surface area contributed by atoms with Crippen molar-refractivity contribution in [1.82, 2.24) is 15.1 Å². The molecule has 10 heteroatoms. The van der Waals surface area contributed by atoms with Gasteiger partial charge in [-0.05, 0) is 73.0 Å². The van der Waals surface area contributed by atoms with E-state index in [2.05, 4.69) is 10.3 Å². The maximum atomic E-state index is 12.6. The van der Waals surface area contributed by atoms with Gasteiger partial charge in [0.1, 0.15) is 11.5 Å². The van der Waals surface area contributed by atoms with E-state index in [0.29, 0.717) is 41.6 Å². The van der Waals surface area contributed by atoms with Crippen molar-refractivity contribution >= 4 is 41.7 Å². The smallest absolute Gasteiger partial charge is 0.323 e. The Morgan fingerprint density at radius 3 is 2.37 bits per heavy atom. The fraction of sp³-hybridized carbons (Fsp3) is 0.214. The number of aliphatic imine (C=N–C) groups is 1. The summed E-state index contributed by atoms with van der Waals surface area (Å²) < 4.78 is 5.90. The predicted molar refractivity (Wildman–Crippen MR) is 146 cm³/mol. The zero-order chi connectivity index (χ0) is 27.5. The zero-order valence-electron chi connectivity index (χ0n) is 21.1. The van der Waals surface area contributed by atoms with Crippen molar-refractivity contribution < 1.29 is 24.2 Å². The van der Waals surface area contributed by atoms with Gasteiger partial charge < -0.3 is 14.7 Å². The van der Waals surface area contributed by atoms with Gasteiger partial charge in [-0.2, -0.15) is 0 Å². The monoisotopic (exact) mass is 536 g/mol. The van der Waals surface area contributed by atoms with Crippen LogP contribution in [0.3, 0.4) is 0 Å². The third-order valence-corrected chi connectivity index (χ3v) is 5.79. The molecule has 198 valence electrons. The fourth-order valence-electron chi connectivity index (χ4n) is 3.31. The topological polar surface area (TPSA) is 112 Å². The van der Waals surface area contributed by atoms with Crippen LogP contribution in [-0.4, -0.2) is 52.9 Å². The molecule has 3 aromatic rings. The third-order valence-electron chi connectivity index (χ3n) is 5.54. The van der Waals surface area contributed by atoms with Gasteiger partial charge in [0, 0.05) is 25.0 Å². The Labute approximate surface area is 226 Å². The minimum absolute atomic E-state index is 0.0406. The number of amides is 3. The number of hydrogen-bond donors (Lipinski definition) is 2. The average Bonchev–Trinajstić information content (AvgIpc) is 2.92. The lowest BCUT2D eigenvalue weighted by atomic mass is 10.1.